The zero-order valence-corrected chi connectivity index (χ0v) is 25.8. The molecule has 0 aliphatic carbocycles. The molecule has 1 amide bonds. The summed E-state index contributed by atoms with van der Waals surface area (Å²) in [6.45, 7) is 17.0. The van der Waals surface area contributed by atoms with Crippen LogP contribution in [0.4, 0.5) is 17.1 Å². The molecule has 0 fully saturated rings. The summed E-state index contributed by atoms with van der Waals surface area (Å²) in [6.07, 6.45) is 2.33. The molecule has 0 aliphatic rings. The van der Waals surface area contributed by atoms with E-state index in [2.05, 4.69) is 72.8 Å². The molecule has 0 heterocycles. The van der Waals surface area contributed by atoms with Crippen molar-refractivity contribution in [2.24, 2.45) is 0 Å². The van der Waals surface area contributed by atoms with Crippen LogP contribution < -0.4 is 10.2 Å². The van der Waals surface area contributed by atoms with Crippen LogP contribution in [0.15, 0.2) is 71.6 Å². The van der Waals surface area contributed by atoms with Crippen LogP contribution >= 0.6 is 11.8 Å². The maximum absolute atomic E-state index is 13.2. The molecule has 2 N–H and O–H groups in total. The molecular weight excluding hydrogens is 500 g/mol. The van der Waals surface area contributed by atoms with Crippen molar-refractivity contribution in [1.82, 2.24) is 0 Å². The molecular formula is C34H46N2O2S. The molecule has 3 rings (SSSR count). The van der Waals surface area contributed by atoms with Gasteiger partial charge in [-0.25, -0.2) is 0 Å². The van der Waals surface area contributed by atoms with Crippen LogP contribution in [-0.2, 0) is 15.6 Å². The van der Waals surface area contributed by atoms with E-state index < -0.39 is 0 Å². The van der Waals surface area contributed by atoms with E-state index in [1.165, 1.54) is 4.90 Å². The van der Waals surface area contributed by atoms with Crippen molar-refractivity contribution >= 4 is 34.7 Å². The van der Waals surface area contributed by atoms with Gasteiger partial charge < -0.3 is 15.3 Å². The number of unbranched alkanes of at least 4 members (excludes halogenated alkanes) is 1. The normalized spacial score (nSPS) is 12.0. The molecule has 210 valence electrons. The maximum Gasteiger partial charge on any atom is 0.227 e. The number of thioether (sulfide) groups is 1. The molecule has 0 aromatic heterocycles. The molecule has 0 spiro atoms. The van der Waals surface area contributed by atoms with Crippen molar-refractivity contribution in [2.75, 3.05) is 16.0 Å². The highest BCUT2D eigenvalue weighted by molar-refractivity contribution is 7.99. The summed E-state index contributed by atoms with van der Waals surface area (Å²) < 4.78 is 0. The highest BCUT2D eigenvalue weighted by Gasteiger charge is 2.26. The zero-order valence-electron chi connectivity index (χ0n) is 25.0. The topological polar surface area (TPSA) is 52.6 Å². The SMILES string of the molecule is CC(C)N(C(=O)CCCCSc1cc(C(C)(C)C)c(O)c(C(C)(C)C)c1)c1ccc(Nc2ccccc2)cc1. The number of nitrogens with zero attached hydrogens (tertiary/aromatic N) is 1. The molecule has 0 bridgehead atoms. The van der Waals surface area contributed by atoms with Gasteiger partial charge in [-0.2, -0.15) is 0 Å². The van der Waals surface area contributed by atoms with Crippen molar-refractivity contribution < 1.29 is 9.90 Å². The van der Waals surface area contributed by atoms with E-state index in [1.54, 1.807) is 0 Å². The van der Waals surface area contributed by atoms with Crippen molar-refractivity contribution in [2.45, 2.75) is 96.4 Å². The summed E-state index contributed by atoms with van der Waals surface area (Å²) in [6, 6.07) is 22.5. The molecule has 0 saturated heterocycles. The number of amides is 1. The third-order valence-electron chi connectivity index (χ3n) is 6.75. The van der Waals surface area contributed by atoms with Crippen molar-refractivity contribution in [3.63, 3.8) is 0 Å². The van der Waals surface area contributed by atoms with E-state index in [-0.39, 0.29) is 22.8 Å². The molecule has 0 aliphatic heterocycles. The first kappa shape index (κ1) is 30.6. The summed E-state index contributed by atoms with van der Waals surface area (Å²) >= 11 is 1.81. The Hall–Kier alpha value is -2.92. The van der Waals surface area contributed by atoms with E-state index in [9.17, 15) is 9.90 Å². The predicted octanol–water partition coefficient (Wildman–Crippen LogP) is 9.43. The van der Waals surface area contributed by atoms with Crippen LogP contribution in [0.5, 0.6) is 5.75 Å². The van der Waals surface area contributed by atoms with Gasteiger partial charge in [0.1, 0.15) is 5.75 Å². The molecule has 3 aromatic rings. The second-order valence-electron chi connectivity index (χ2n) is 12.6. The minimum atomic E-state index is -0.136. The first-order chi connectivity index (χ1) is 18.3. The maximum atomic E-state index is 13.2. The first-order valence-corrected chi connectivity index (χ1v) is 15.0. The fraction of sp³-hybridized carbons (Fsp3) is 0.441. The highest BCUT2D eigenvalue weighted by atomic mass is 32.2. The van der Waals surface area contributed by atoms with Gasteiger partial charge in [-0.15, -0.1) is 11.8 Å². The number of nitrogens with one attached hydrogen (secondary N) is 1. The number of carbonyl (C=O) groups is 1. The van der Waals surface area contributed by atoms with Gasteiger partial charge in [0, 0.05) is 45.5 Å². The van der Waals surface area contributed by atoms with Gasteiger partial charge in [0.05, 0.1) is 0 Å². The molecule has 0 unspecified atom stereocenters. The van der Waals surface area contributed by atoms with Gasteiger partial charge in [-0.05, 0) is 91.8 Å². The largest absolute Gasteiger partial charge is 0.507 e. The van der Waals surface area contributed by atoms with E-state index in [0.717, 1.165) is 46.8 Å². The highest BCUT2D eigenvalue weighted by Crippen LogP contribution is 2.42. The lowest BCUT2D eigenvalue weighted by Gasteiger charge is -2.28. The van der Waals surface area contributed by atoms with Crippen LogP contribution in [0.3, 0.4) is 0 Å². The summed E-state index contributed by atoms with van der Waals surface area (Å²) in [5, 5.41) is 14.4. The summed E-state index contributed by atoms with van der Waals surface area (Å²) in [5.41, 5.74) is 4.67. The molecule has 3 aromatic carbocycles. The van der Waals surface area contributed by atoms with Crippen molar-refractivity contribution in [3.05, 3.63) is 77.9 Å². The minimum Gasteiger partial charge on any atom is -0.507 e. The molecule has 0 atom stereocenters. The lowest BCUT2D eigenvalue weighted by molar-refractivity contribution is -0.119. The second-order valence-corrected chi connectivity index (χ2v) is 13.7. The average Bonchev–Trinajstić information content (AvgIpc) is 2.85. The Morgan fingerprint density at radius 1 is 0.846 bits per heavy atom. The fourth-order valence-corrected chi connectivity index (χ4v) is 5.63. The van der Waals surface area contributed by atoms with Gasteiger partial charge in [0.15, 0.2) is 0 Å². The van der Waals surface area contributed by atoms with Crippen molar-refractivity contribution in [1.29, 1.82) is 0 Å². The number of carbonyl (C=O) groups excluding carboxylic acids is 1. The fourth-order valence-electron chi connectivity index (χ4n) is 4.65. The van der Waals surface area contributed by atoms with Gasteiger partial charge in [-0.3, -0.25) is 4.79 Å². The Morgan fingerprint density at radius 3 is 1.90 bits per heavy atom. The average molecular weight is 547 g/mol. The Kier molecular flexibility index (Phi) is 10.2. The second kappa shape index (κ2) is 13.0. The Labute approximate surface area is 240 Å². The molecule has 4 nitrogen and oxygen atoms in total. The zero-order chi connectivity index (χ0) is 28.8. The standard InChI is InChI=1S/C34H46N2O2S/c1-24(2)36(27-19-17-26(18-20-27)35-25-14-10-9-11-15-25)31(37)16-12-13-21-39-28-22-29(33(3,4)5)32(38)30(23-28)34(6,7)8/h9-11,14-15,17-20,22-24,35,38H,12-13,16,21H2,1-8H3. The predicted molar refractivity (Wildman–Crippen MR) is 169 cm³/mol. The number of para-hydroxylation sites is 1. The molecule has 39 heavy (non-hydrogen) atoms. The van der Waals surface area contributed by atoms with Crippen LogP contribution in [-0.4, -0.2) is 22.8 Å². The van der Waals surface area contributed by atoms with E-state index >= 15 is 0 Å². The van der Waals surface area contributed by atoms with Crippen LogP contribution in [0, 0.1) is 0 Å². The summed E-state index contributed by atoms with van der Waals surface area (Å²) in [7, 11) is 0. The first-order valence-electron chi connectivity index (χ1n) is 14.0. The smallest absolute Gasteiger partial charge is 0.227 e. The number of hydrogen-bond donors (Lipinski definition) is 2. The third-order valence-corrected chi connectivity index (χ3v) is 7.81. The van der Waals surface area contributed by atoms with Crippen LogP contribution in [0.25, 0.3) is 0 Å². The Bertz CT molecular complexity index is 1190. The number of anilines is 3. The molecule has 0 radical (unpaired) electrons. The minimum absolute atomic E-state index is 0.0865. The summed E-state index contributed by atoms with van der Waals surface area (Å²) in [5.74, 6) is 1.52. The summed E-state index contributed by atoms with van der Waals surface area (Å²) in [4.78, 5) is 16.3. The number of hydrogen-bond acceptors (Lipinski definition) is 4. The third kappa shape index (κ3) is 8.53. The number of benzene rings is 3. The molecule has 0 saturated carbocycles. The van der Waals surface area contributed by atoms with Gasteiger partial charge >= 0.3 is 0 Å². The van der Waals surface area contributed by atoms with Crippen molar-refractivity contribution in [3.8, 4) is 5.75 Å². The Balaban J connectivity index is 1.58. The molecule has 5 heteroatoms. The number of aromatic hydroxyl groups is 1. The van der Waals surface area contributed by atoms with Gasteiger partial charge in [0.2, 0.25) is 5.91 Å². The van der Waals surface area contributed by atoms with E-state index in [1.807, 2.05) is 71.3 Å². The van der Waals surface area contributed by atoms with E-state index in [4.69, 9.17) is 0 Å². The lowest BCUT2D eigenvalue weighted by atomic mass is 9.79. The van der Waals surface area contributed by atoms with Gasteiger partial charge in [-0.1, -0.05) is 59.7 Å². The number of phenols is 1. The van der Waals surface area contributed by atoms with E-state index in [0.29, 0.717) is 12.2 Å². The monoisotopic (exact) mass is 546 g/mol. The quantitative estimate of drug-likeness (QED) is 0.196. The van der Waals surface area contributed by atoms with Crippen LogP contribution in [0.2, 0.25) is 0 Å². The van der Waals surface area contributed by atoms with Gasteiger partial charge in [0.25, 0.3) is 0 Å². The lowest BCUT2D eigenvalue weighted by Crippen LogP contribution is -2.36. The van der Waals surface area contributed by atoms with Crippen LogP contribution in [0.1, 0.15) is 85.8 Å². The Morgan fingerprint density at radius 2 is 1.38 bits per heavy atom. The number of phenolic OH excluding ortho intramolecular Hbond substituents is 1. The number of rotatable bonds is 10.